The summed E-state index contributed by atoms with van der Waals surface area (Å²) >= 11 is 0. The quantitative estimate of drug-likeness (QED) is 0.432. The summed E-state index contributed by atoms with van der Waals surface area (Å²) in [6.07, 6.45) is 14.8. The van der Waals surface area contributed by atoms with Gasteiger partial charge in [0, 0.05) is 55.1 Å². The summed E-state index contributed by atoms with van der Waals surface area (Å²) < 4.78 is 7.96. The highest BCUT2D eigenvalue weighted by atomic mass is 16.5. The lowest BCUT2D eigenvalue weighted by Gasteiger charge is -2.26. The number of hydrogen-bond acceptors (Lipinski definition) is 5. The Morgan fingerprint density at radius 2 is 1.80 bits per heavy atom. The fraction of sp³-hybridized carbons (Fsp3) is 0.586. The maximum atomic E-state index is 5.50. The summed E-state index contributed by atoms with van der Waals surface area (Å²) in [6.45, 7) is 6.97. The van der Waals surface area contributed by atoms with Crippen LogP contribution >= 0.6 is 0 Å². The standard InChI is InChI=1S/C29H39N5O/c1-21(17-22-7-8-22)31-29-30-18-26-27(20-34(28(26)32-29)25-5-3-2-4-6-25)24-11-9-23(10-12-24)19-33-13-15-35-16-14-33/h9-12,18,20-22,25H,2-8,13-17,19H2,1H3,(H,30,31,32). The molecule has 1 aromatic carbocycles. The van der Waals surface area contributed by atoms with Crippen LogP contribution < -0.4 is 5.32 Å². The Morgan fingerprint density at radius 3 is 2.54 bits per heavy atom. The highest BCUT2D eigenvalue weighted by molar-refractivity contribution is 5.94. The van der Waals surface area contributed by atoms with E-state index in [0.717, 1.165) is 55.7 Å². The molecule has 2 aliphatic carbocycles. The van der Waals surface area contributed by atoms with Gasteiger partial charge in [-0.05, 0) is 43.2 Å². The molecular weight excluding hydrogens is 434 g/mol. The molecule has 6 nitrogen and oxygen atoms in total. The Balaban J connectivity index is 1.28. The van der Waals surface area contributed by atoms with Gasteiger partial charge in [-0.3, -0.25) is 4.90 Å². The normalized spacial score (nSPS) is 20.8. The van der Waals surface area contributed by atoms with Crippen LogP contribution in [0.2, 0.25) is 0 Å². The molecule has 6 rings (SSSR count). The van der Waals surface area contributed by atoms with Gasteiger partial charge in [-0.1, -0.05) is 56.4 Å². The first-order chi connectivity index (χ1) is 17.2. The third-order valence-electron chi connectivity index (χ3n) is 8.07. The zero-order valence-electron chi connectivity index (χ0n) is 21.1. The number of ether oxygens (including phenoxy) is 1. The second kappa shape index (κ2) is 10.3. The molecule has 1 atom stereocenters. The average molecular weight is 474 g/mol. The largest absolute Gasteiger partial charge is 0.379 e. The van der Waals surface area contributed by atoms with Crippen LogP contribution in [0.3, 0.4) is 0 Å². The van der Waals surface area contributed by atoms with Gasteiger partial charge >= 0.3 is 0 Å². The molecule has 1 aliphatic heterocycles. The van der Waals surface area contributed by atoms with Gasteiger partial charge in [-0.2, -0.15) is 4.98 Å². The predicted octanol–water partition coefficient (Wildman–Crippen LogP) is 6.04. The lowest BCUT2D eigenvalue weighted by Crippen LogP contribution is -2.35. The molecule has 3 aromatic rings. The second-order valence-corrected chi connectivity index (χ2v) is 11.0. The first kappa shape index (κ1) is 23.0. The minimum absolute atomic E-state index is 0.413. The number of fused-ring (bicyclic) bond motifs is 1. The highest BCUT2D eigenvalue weighted by Gasteiger charge is 2.25. The predicted molar refractivity (Wildman–Crippen MR) is 142 cm³/mol. The summed E-state index contributed by atoms with van der Waals surface area (Å²) in [7, 11) is 0. The van der Waals surface area contributed by atoms with E-state index in [4.69, 9.17) is 14.7 Å². The third-order valence-corrected chi connectivity index (χ3v) is 8.07. The van der Waals surface area contributed by atoms with Crippen LogP contribution in [0, 0.1) is 5.92 Å². The number of morpholine rings is 1. The Morgan fingerprint density at radius 1 is 1.03 bits per heavy atom. The van der Waals surface area contributed by atoms with Crippen LogP contribution in [-0.2, 0) is 11.3 Å². The highest BCUT2D eigenvalue weighted by Crippen LogP contribution is 2.37. The van der Waals surface area contributed by atoms with E-state index in [0.29, 0.717) is 12.1 Å². The number of nitrogens with zero attached hydrogens (tertiary/aromatic N) is 4. The van der Waals surface area contributed by atoms with E-state index >= 15 is 0 Å². The molecule has 0 bridgehead atoms. The summed E-state index contributed by atoms with van der Waals surface area (Å²) in [5.74, 6) is 1.67. The fourth-order valence-electron chi connectivity index (χ4n) is 5.91. The average Bonchev–Trinajstić information content (AvgIpc) is 3.63. The molecule has 3 heterocycles. The van der Waals surface area contributed by atoms with E-state index in [1.807, 2.05) is 6.20 Å². The summed E-state index contributed by atoms with van der Waals surface area (Å²) in [5, 5.41) is 4.75. The van der Waals surface area contributed by atoms with Crippen LogP contribution in [0.15, 0.2) is 36.7 Å². The van der Waals surface area contributed by atoms with Gasteiger partial charge in [0.25, 0.3) is 0 Å². The molecule has 3 fully saturated rings. The fourth-order valence-corrected chi connectivity index (χ4v) is 5.91. The van der Waals surface area contributed by atoms with Gasteiger partial charge in [0.05, 0.1) is 13.2 Å². The minimum Gasteiger partial charge on any atom is -0.379 e. The van der Waals surface area contributed by atoms with Crippen molar-refractivity contribution in [2.24, 2.45) is 5.92 Å². The molecule has 2 saturated carbocycles. The molecule has 1 saturated heterocycles. The molecule has 1 unspecified atom stereocenters. The van der Waals surface area contributed by atoms with Crippen LogP contribution in [-0.4, -0.2) is 51.8 Å². The smallest absolute Gasteiger partial charge is 0.224 e. The Labute approximate surface area is 209 Å². The number of rotatable bonds is 8. The molecule has 6 heteroatoms. The lowest BCUT2D eigenvalue weighted by atomic mass is 9.95. The maximum Gasteiger partial charge on any atom is 0.224 e. The van der Waals surface area contributed by atoms with Gasteiger partial charge in [0.2, 0.25) is 5.95 Å². The van der Waals surface area contributed by atoms with Crippen LogP contribution in [0.25, 0.3) is 22.2 Å². The van der Waals surface area contributed by atoms with Crippen molar-refractivity contribution in [3.8, 4) is 11.1 Å². The summed E-state index contributed by atoms with van der Waals surface area (Å²) in [6, 6.07) is 10.1. The Kier molecular flexibility index (Phi) is 6.75. The van der Waals surface area contributed by atoms with Crippen LogP contribution in [0.1, 0.15) is 69.9 Å². The van der Waals surface area contributed by atoms with Crippen molar-refractivity contribution >= 4 is 17.0 Å². The molecule has 3 aliphatic rings. The first-order valence-corrected chi connectivity index (χ1v) is 13.8. The van der Waals surface area contributed by atoms with Crippen LogP contribution in [0.4, 0.5) is 5.95 Å². The van der Waals surface area contributed by atoms with E-state index in [1.165, 1.54) is 68.1 Å². The van der Waals surface area contributed by atoms with E-state index in [1.54, 1.807) is 0 Å². The number of aromatic nitrogens is 3. The molecule has 0 amide bonds. The summed E-state index contributed by atoms with van der Waals surface area (Å²) in [4.78, 5) is 12.3. The van der Waals surface area contributed by atoms with Crippen LogP contribution in [0.5, 0.6) is 0 Å². The third kappa shape index (κ3) is 5.39. The summed E-state index contributed by atoms with van der Waals surface area (Å²) in [5.41, 5.74) is 4.95. The molecule has 35 heavy (non-hydrogen) atoms. The van der Waals surface area contributed by atoms with Crippen molar-refractivity contribution in [3.63, 3.8) is 0 Å². The number of anilines is 1. The van der Waals surface area contributed by atoms with Crippen molar-refractivity contribution in [2.45, 2.75) is 76.9 Å². The van der Waals surface area contributed by atoms with E-state index in [2.05, 4.69) is 52.2 Å². The van der Waals surface area contributed by atoms with Crippen molar-refractivity contribution in [2.75, 3.05) is 31.6 Å². The zero-order chi connectivity index (χ0) is 23.6. The number of benzene rings is 1. The van der Waals surface area contributed by atoms with Crippen molar-refractivity contribution in [1.82, 2.24) is 19.4 Å². The minimum atomic E-state index is 0.413. The van der Waals surface area contributed by atoms with Gasteiger partial charge in [0.15, 0.2) is 0 Å². The van der Waals surface area contributed by atoms with Gasteiger partial charge in [0.1, 0.15) is 5.65 Å². The Hall–Kier alpha value is -2.44. The Bertz CT molecular complexity index is 1120. The number of nitrogens with one attached hydrogen (secondary N) is 1. The molecular formula is C29H39N5O. The first-order valence-electron chi connectivity index (χ1n) is 13.8. The lowest BCUT2D eigenvalue weighted by molar-refractivity contribution is 0.0342. The van der Waals surface area contributed by atoms with Crippen molar-refractivity contribution < 1.29 is 4.74 Å². The van der Waals surface area contributed by atoms with E-state index in [9.17, 15) is 0 Å². The van der Waals surface area contributed by atoms with Gasteiger partial charge < -0.3 is 14.6 Å². The van der Waals surface area contributed by atoms with Crippen molar-refractivity contribution in [3.05, 3.63) is 42.2 Å². The number of hydrogen-bond donors (Lipinski definition) is 1. The molecule has 2 aromatic heterocycles. The molecule has 0 radical (unpaired) electrons. The second-order valence-electron chi connectivity index (χ2n) is 11.0. The van der Waals surface area contributed by atoms with E-state index < -0.39 is 0 Å². The van der Waals surface area contributed by atoms with Gasteiger partial charge in [-0.15, -0.1) is 0 Å². The van der Waals surface area contributed by atoms with Gasteiger partial charge in [-0.25, -0.2) is 4.98 Å². The molecule has 0 spiro atoms. The topological polar surface area (TPSA) is 55.2 Å². The maximum absolute atomic E-state index is 5.50. The zero-order valence-corrected chi connectivity index (χ0v) is 21.1. The molecule has 1 N–H and O–H groups in total. The molecule has 186 valence electrons. The van der Waals surface area contributed by atoms with Crippen molar-refractivity contribution in [1.29, 1.82) is 0 Å². The van der Waals surface area contributed by atoms with E-state index in [-0.39, 0.29) is 0 Å². The SMILES string of the molecule is CC(CC1CC1)Nc1ncc2c(-c3ccc(CN4CCOCC4)cc3)cn(C3CCCCC3)c2n1. The monoisotopic (exact) mass is 473 g/mol.